The van der Waals surface area contributed by atoms with Crippen molar-refractivity contribution in [1.29, 1.82) is 0 Å². The van der Waals surface area contributed by atoms with E-state index < -0.39 is 0 Å². The molecule has 4 heteroatoms. The molecule has 0 radical (unpaired) electrons. The Morgan fingerprint density at radius 3 is 1.25 bits per heavy atom. The maximum Gasteiger partial charge on any atom is 0.357 e. The smallest absolute Gasteiger partial charge is 0.357 e. The van der Waals surface area contributed by atoms with Gasteiger partial charge in [-0.3, -0.25) is 0 Å². The lowest BCUT2D eigenvalue weighted by atomic mass is 10.4. The number of hydrogen-bond acceptors (Lipinski definition) is 0. The summed E-state index contributed by atoms with van der Waals surface area (Å²) >= 11 is -0.330. The first-order valence-electron chi connectivity index (χ1n) is 4.40. The molecular formula is C12H8ClF2I. The van der Waals surface area contributed by atoms with Gasteiger partial charge in [-0.05, 0) is 48.5 Å². The standard InChI is InChI=1S/C12H8F2I.ClH/c13-9-1-5-11(6-2-9)15-12-7-3-10(14)4-8-12;/h1-8H;1H/q+1;/p-1. The van der Waals surface area contributed by atoms with Gasteiger partial charge in [-0.25, -0.2) is 8.78 Å². The first-order chi connectivity index (χ1) is 7.24. The van der Waals surface area contributed by atoms with E-state index in [0.717, 1.165) is 7.14 Å². The molecule has 0 nitrogen and oxygen atoms in total. The molecule has 84 valence electrons. The van der Waals surface area contributed by atoms with Crippen molar-refractivity contribution in [3.63, 3.8) is 0 Å². The van der Waals surface area contributed by atoms with Crippen molar-refractivity contribution in [3.05, 3.63) is 67.3 Å². The molecule has 0 bridgehead atoms. The minimum absolute atomic E-state index is 0. The fraction of sp³-hybridized carbons (Fsp3) is 0. The molecule has 0 spiro atoms. The number of hydrogen-bond donors (Lipinski definition) is 0. The van der Waals surface area contributed by atoms with E-state index >= 15 is 0 Å². The Balaban J connectivity index is 0.00000128. The Bertz CT molecular complexity index is 396. The Hall–Kier alpha value is -0.680. The summed E-state index contributed by atoms with van der Waals surface area (Å²) in [6.45, 7) is 0. The molecule has 0 fully saturated rings. The van der Waals surface area contributed by atoms with E-state index in [0.29, 0.717) is 0 Å². The molecule has 0 aromatic heterocycles. The summed E-state index contributed by atoms with van der Waals surface area (Å²) < 4.78 is 27.5. The lowest BCUT2D eigenvalue weighted by Crippen LogP contribution is -3.61. The van der Waals surface area contributed by atoms with Crippen molar-refractivity contribution in [3.8, 4) is 0 Å². The van der Waals surface area contributed by atoms with Gasteiger partial charge in [0.15, 0.2) is 7.14 Å². The van der Waals surface area contributed by atoms with Crippen molar-refractivity contribution in [2.45, 2.75) is 0 Å². The number of rotatable bonds is 2. The van der Waals surface area contributed by atoms with Crippen LogP contribution < -0.4 is 33.6 Å². The minimum Gasteiger partial charge on any atom is -1.00 e. The average molecular weight is 353 g/mol. The van der Waals surface area contributed by atoms with Crippen molar-refractivity contribution in [2.24, 2.45) is 0 Å². The summed E-state index contributed by atoms with van der Waals surface area (Å²) in [5.41, 5.74) is 0. The summed E-state index contributed by atoms with van der Waals surface area (Å²) in [6, 6.07) is 13.0. The van der Waals surface area contributed by atoms with Gasteiger partial charge in [0.05, 0.1) is 0 Å². The van der Waals surface area contributed by atoms with Crippen LogP contribution in [0.15, 0.2) is 48.5 Å². The fourth-order valence-corrected chi connectivity index (χ4v) is 3.27. The fourth-order valence-electron chi connectivity index (χ4n) is 1.11. The van der Waals surface area contributed by atoms with Crippen molar-refractivity contribution >= 4 is 0 Å². The van der Waals surface area contributed by atoms with Crippen LogP contribution in [0, 0.1) is 18.8 Å². The van der Waals surface area contributed by atoms with Gasteiger partial charge >= 0.3 is 21.2 Å². The molecule has 0 unspecified atom stereocenters. The largest absolute Gasteiger partial charge is 1.00 e. The average Bonchev–Trinajstić information content (AvgIpc) is 2.25. The highest BCUT2D eigenvalue weighted by Crippen LogP contribution is 1.95. The van der Waals surface area contributed by atoms with Gasteiger partial charge in [-0.1, -0.05) is 0 Å². The van der Waals surface area contributed by atoms with Crippen molar-refractivity contribution in [2.75, 3.05) is 0 Å². The van der Waals surface area contributed by atoms with Crippen molar-refractivity contribution < 1.29 is 42.4 Å². The summed E-state index contributed by atoms with van der Waals surface area (Å²) in [7, 11) is 0. The third-order valence-electron chi connectivity index (χ3n) is 1.83. The molecule has 0 aliphatic rings. The third-order valence-corrected chi connectivity index (χ3v) is 4.51. The first kappa shape index (κ1) is 13.4. The predicted octanol–water partition coefficient (Wildman–Crippen LogP) is -2.90. The highest BCUT2D eigenvalue weighted by atomic mass is 127. The van der Waals surface area contributed by atoms with Crippen LogP contribution in [0.3, 0.4) is 0 Å². The molecule has 0 N–H and O–H groups in total. The quantitative estimate of drug-likeness (QED) is 0.509. The van der Waals surface area contributed by atoms with Crippen LogP contribution in [0.4, 0.5) is 8.78 Å². The molecule has 0 amide bonds. The molecule has 0 saturated carbocycles. The van der Waals surface area contributed by atoms with Crippen LogP contribution in [0.1, 0.15) is 0 Å². The molecule has 2 rings (SSSR count). The lowest BCUT2D eigenvalue weighted by Gasteiger charge is -1.88. The van der Waals surface area contributed by atoms with Crippen LogP contribution in [0.5, 0.6) is 0 Å². The summed E-state index contributed by atoms with van der Waals surface area (Å²) in [6.07, 6.45) is 0. The van der Waals surface area contributed by atoms with Crippen LogP contribution in [0.2, 0.25) is 0 Å². The zero-order valence-corrected chi connectivity index (χ0v) is 11.0. The minimum atomic E-state index is -0.330. The van der Waals surface area contributed by atoms with Gasteiger partial charge in [0.2, 0.25) is 0 Å². The predicted molar refractivity (Wildman–Crippen MR) is 50.2 cm³/mol. The third kappa shape index (κ3) is 3.72. The van der Waals surface area contributed by atoms with E-state index in [1.165, 1.54) is 24.3 Å². The highest BCUT2D eigenvalue weighted by Gasteiger charge is 2.14. The van der Waals surface area contributed by atoms with Crippen LogP contribution >= 0.6 is 0 Å². The second-order valence-electron chi connectivity index (χ2n) is 2.97. The maximum absolute atomic E-state index is 12.6. The Labute approximate surface area is 109 Å². The molecule has 0 atom stereocenters. The molecule has 0 aliphatic carbocycles. The van der Waals surface area contributed by atoms with E-state index in [2.05, 4.69) is 0 Å². The van der Waals surface area contributed by atoms with Gasteiger partial charge in [0.25, 0.3) is 0 Å². The summed E-state index contributed by atoms with van der Waals surface area (Å²) in [5.74, 6) is -0.441. The molecule has 16 heavy (non-hydrogen) atoms. The maximum atomic E-state index is 12.6. The van der Waals surface area contributed by atoms with Crippen LogP contribution in [0.25, 0.3) is 0 Å². The van der Waals surface area contributed by atoms with Crippen molar-refractivity contribution in [1.82, 2.24) is 0 Å². The van der Waals surface area contributed by atoms with E-state index in [-0.39, 0.29) is 45.2 Å². The first-order valence-corrected chi connectivity index (χ1v) is 6.56. The molecule has 0 aliphatic heterocycles. The van der Waals surface area contributed by atoms with Crippen LogP contribution in [-0.4, -0.2) is 0 Å². The van der Waals surface area contributed by atoms with Crippen LogP contribution in [-0.2, 0) is 0 Å². The monoisotopic (exact) mass is 352 g/mol. The second-order valence-corrected chi connectivity index (χ2v) is 6.00. The number of benzene rings is 2. The molecule has 0 heterocycles. The Morgan fingerprint density at radius 2 is 0.938 bits per heavy atom. The van der Waals surface area contributed by atoms with Gasteiger partial charge in [-0.2, -0.15) is 0 Å². The molecule has 2 aromatic rings. The summed E-state index contributed by atoms with van der Waals surface area (Å²) in [5, 5.41) is 0. The van der Waals surface area contributed by atoms with E-state index in [1.807, 2.05) is 0 Å². The SMILES string of the molecule is Fc1ccc([I+]c2ccc(F)cc2)cc1.[Cl-]. The lowest BCUT2D eigenvalue weighted by molar-refractivity contribution is -0.597. The summed E-state index contributed by atoms with van der Waals surface area (Å²) in [4.78, 5) is 0. The van der Waals surface area contributed by atoms with E-state index in [9.17, 15) is 8.78 Å². The number of halogens is 4. The van der Waals surface area contributed by atoms with Gasteiger partial charge in [0, 0.05) is 0 Å². The normalized spacial score (nSPS) is 9.62. The second kappa shape index (κ2) is 6.15. The topological polar surface area (TPSA) is 0 Å². The van der Waals surface area contributed by atoms with Gasteiger partial charge in [-0.15, -0.1) is 0 Å². The zero-order chi connectivity index (χ0) is 10.7. The highest BCUT2D eigenvalue weighted by molar-refractivity contribution is 5.05. The molecular weight excluding hydrogens is 344 g/mol. The van der Waals surface area contributed by atoms with E-state index in [1.54, 1.807) is 24.3 Å². The zero-order valence-electron chi connectivity index (χ0n) is 8.13. The Kier molecular flexibility index (Phi) is 5.15. The molecule has 0 saturated heterocycles. The van der Waals surface area contributed by atoms with Gasteiger partial charge < -0.3 is 12.4 Å². The molecule has 2 aromatic carbocycles. The Morgan fingerprint density at radius 1 is 0.625 bits per heavy atom. The van der Waals surface area contributed by atoms with E-state index in [4.69, 9.17) is 0 Å². The van der Waals surface area contributed by atoms with Gasteiger partial charge in [0.1, 0.15) is 11.6 Å².